The summed E-state index contributed by atoms with van der Waals surface area (Å²) in [7, 11) is -2.28. The zero-order valence-corrected chi connectivity index (χ0v) is 23.4. The second kappa shape index (κ2) is 11.1. The molecule has 3 rings (SSSR count). The molecular weight excluding hydrogens is 478 g/mol. The summed E-state index contributed by atoms with van der Waals surface area (Å²) < 4.78 is 22.9. The van der Waals surface area contributed by atoms with Gasteiger partial charge in [0.2, 0.25) is 8.32 Å². The lowest BCUT2D eigenvalue weighted by molar-refractivity contribution is -0.163. The molecule has 8 nitrogen and oxygen atoms in total. The fourth-order valence-corrected chi connectivity index (χ4v) is 5.58. The molecule has 0 spiro atoms. The lowest BCUT2D eigenvalue weighted by Crippen LogP contribution is -2.52. The van der Waals surface area contributed by atoms with E-state index >= 15 is 0 Å². The van der Waals surface area contributed by atoms with E-state index < -0.39 is 50.3 Å². The van der Waals surface area contributed by atoms with Crippen LogP contribution in [0.15, 0.2) is 42.2 Å². The molecule has 0 unspecified atom stereocenters. The summed E-state index contributed by atoms with van der Waals surface area (Å²) >= 11 is 0. The molecule has 0 aromatic heterocycles. The van der Waals surface area contributed by atoms with Crippen molar-refractivity contribution in [2.45, 2.75) is 71.3 Å². The Bertz CT molecular complexity index is 986. The summed E-state index contributed by atoms with van der Waals surface area (Å²) in [6.45, 7) is 14.6. The molecule has 1 fully saturated rings. The Balaban J connectivity index is 2.13. The predicted molar refractivity (Wildman–Crippen MR) is 137 cm³/mol. The highest BCUT2D eigenvalue weighted by atomic mass is 28.4. The number of benzene rings is 1. The normalized spacial score (nSPS) is 24.6. The monoisotopic (exact) mass is 517 g/mol. The standard InChI is InChI=1S/C27H39NO7Si/c1-8-32-24(29)20-15-19(35-36(6,7)27(3,4)5)16-21(23(20)25(30)33-9-2)28-22(17-34-26(28)31)18-13-11-10-12-14-18/h10-14,16,20-23H,8-9,15,17H2,1-7H3/t20-,21+,22-,23+/m0/s1. The molecule has 2 aliphatic rings. The lowest BCUT2D eigenvalue weighted by atomic mass is 9.77. The van der Waals surface area contributed by atoms with Gasteiger partial charge in [0, 0.05) is 6.42 Å². The van der Waals surface area contributed by atoms with Gasteiger partial charge in [-0.05, 0) is 43.6 Å². The number of amides is 1. The molecule has 4 atom stereocenters. The average molecular weight is 518 g/mol. The average Bonchev–Trinajstić information content (AvgIpc) is 3.19. The quantitative estimate of drug-likeness (QED) is 0.265. The van der Waals surface area contributed by atoms with Crippen molar-refractivity contribution in [3.8, 4) is 0 Å². The Labute approximate surface area is 215 Å². The zero-order chi connectivity index (χ0) is 26.7. The maximum atomic E-state index is 13.3. The number of hydrogen-bond donors (Lipinski definition) is 0. The summed E-state index contributed by atoms with van der Waals surface area (Å²) in [6, 6.07) is 8.30. The van der Waals surface area contributed by atoms with E-state index in [1.165, 1.54) is 0 Å². The Morgan fingerprint density at radius 2 is 1.67 bits per heavy atom. The van der Waals surface area contributed by atoms with Gasteiger partial charge in [0.15, 0.2) is 0 Å². The maximum Gasteiger partial charge on any atom is 0.411 e. The lowest BCUT2D eigenvalue weighted by Gasteiger charge is -2.43. The van der Waals surface area contributed by atoms with Gasteiger partial charge in [0.1, 0.15) is 6.61 Å². The molecule has 0 radical (unpaired) electrons. The first-order chi connectivity index (χ1) is 16.9. The Morgan fingerprint density at radius 3 is 2.25 bits per heavy atom. The van der Waals surface area contributed by atoms with E-state index in [-0.39, 0.29) is 31.3 Å². The van der Waals surface area contributed by atoms with Crippen molar-refractivity contribution in [2.75, 3.05) is 19.8 Å². The van der Waals surface area contributed by atoms with Crippen LogP contribution in [0.2, 0.25) is 18.1 Å². The highest BCUT2D eigenvalue weighted by Gasteiger charge is 2.52. The van der Waals surface area contributed by atoms with Crippen molar-refractivity contribution in [1.82, 2.24) is 4.90 Å². The molecule has 1 saturated heterocycles. The maximum absolute atomic E-state index is 13.3. The van der Waals surface area contributed by atoms with E-state index in [9.17, 15) is 14.4 Å². The van der Waals surface area contributed by atoms with Gasteiger partial charge in [0.05, 0.1) is 42.9 Å². The van der Waals surface area contributed by atoms with Gasteiger partial charge in [-0.2, -0.15) is 0 Å². The highest BCUT2D eigenvalue weighted by molar-refractivity contribution is 6.74. The van der Waals surface area contributed by atoms with Gasteiger partial charge < -0.3 is 18.6 Å². The fraction of sp³-hybridized carbons (Fsp3) is 0.593. The van der Waals surface area contributed by atoms with E-state index in [2.05, 4.69) is 33.9 Å². The van der Waals surface area contributed by atoms with Crippen molar-refractivity contribution in [3.63, 3.8) is 0 Å². The third-order valence-electron chi connectivity index (χ3n) is 7.34. The van der Waals surface area contributed by atoms with Crippen LogP contribution in [0, 0.1) is 11.8 Å². The summed E-state index contributed by atoms with van der Waals surface area (Å²) in [5, 5.41) is -0.0834. The van der Waals surface area contributed by atoms with Crippen molar-refractivity contribution < 1.29 is 33.0 Å². The number of nitrogens with zero attached hydrogens (tertiary/aromatic N) is 1. The molecular formula is C27H39NO7Si. The van der Waals surface area contributed by atoms with Crippen LogP contribution in [0.4, 0.5) is 4.79 Å². The third kappa shape index (κ3) is 5.77. The van der Waals surface area contributed by atoms with E-state index in [4.69, 9.17) is 18.6 Å². The van der Waals surface area contributed by atoms with E-state index in [0.717, 1.165) is 5.56 Å². The van der Waals surface area contributed by atoms with E-state index in [0.29, 0.717) is 5.76 Å². The second-order valence-electron chi connectivity index (χ2n) is 10.7. The van der Waals surface area contributed by atoms with Crippen LogP contribution in [0.3, 0.4) is 0 Å². The zero-order valence-electron chi connectivity index (χ0n) is 22.4. The van der Waals surface area contributed by atoms with Gasteiger partial charge in [-0.15, -0.1) is 0 Å². The van der Waals surface area contributed by atoms with Crippen molar-refractivity contribution >= 4 is 26.3 Å². The first-order valence-corrected chi connectivity index (χ1v) is 15.5. The minimum Gasteiger partial charge on any atom is -0.547 e. The fourth-order valence-electron chi connectivity index (χ4n) is 4.47. The molecule has 0 saturated carbocycles. The smallest absolute Gasteiger partial charge is 0.411 e. The molecule has 1 aromatic rings. The number of carbonyl (C=O) groups is 3. The number of rotatable bonds is 8. The van der Waals surface area contributed by atoms with Gasteiger partial charge in [0.25, 0.3) is 0 Å². The van der Waals surface area contributed by atoms with Crippen LogP contribution in [-0.2, 0) is 28.2 Å². The topological polar surface area (TPSA) is 91.4 Å². The van der Waals surface area contributed by atoms with Crippen LogP contribution < -0.4 is 0 Å². The highest BCUT2D eigenvalue weighted by Crippen LogP contribution is 2.44. The molecule has 198 valence electrons. The van der Waals surface area contributed by atoms with Crippen LogP contribution in [0.25, 0.3) is 0 Å². The number of carbonyl (C=O) groups excluding carboxylic acids is 3. The largest absolute Gasteiger partial charge is 0.547 e. The Kier molecular flexibility index (Phi) is 8.54. The summed E-state index contributed by atoms with van der Waals surface area (Å²) in [6.07, 6.45) is 1.47. The SMILES string of the molecule is CCOC(=O)[C@@H]1[C@@H](C(=O)OCC)CC(O[Si](C)(C)C(C)(C)C)=C[C@H]1N1C(=O)OC[C@H]1c1ccccc1. The molecule has 1 amide bonds. The molecule has 0 bridgehead atoms. The summed E-state index contributed by atoms with van der Waals surface area (Å²) in [4.78, 5) is 41.2. The first kappa shape index (κ1) is 27.8. The van der Waals surface area contributed by atoms with E-state index in [1.807, 2.05) is 36.4 Å². The van der Waals surface area contributed by atoms with Crippen LogP contribution in [0.5, 0.6) is 0 Å². The first-order valence-electron chi connectivity index (χ1n) is 12.6. The summed E-state index contributed by atoms with van der Waals surface area (Å²) in [5.41, 5.74) is 0.879. The Hall–Kier alpha value is -2.81. The third-order valence-corrected chi connectivity index (χ3v) is 11.7. The van der Waals surface area contributed by atoms with E-state index in [1.54, 1.807) is 18.7 Å². The molecule has 9 heteroatoms. The molecule has 1 aliphatic carbocycles. The number of hydrogen-bond acceptors (Lipinski definition) is 7. The molecule has 1 heterocycles. The second-order valence-corrected chi connectivity index (χ2v) is 15.5. The molecule has 1 aromatic carbocycles. The predicted octanol–water partition coefficient (Wildman–Crippen LogP) is 5.22. The van der Waals surface area contributed by atoms with Crippen LogP contribution in [-0.4, -0.2) is 57.1 Å². The number of esters is 2. The molecule has 0 N–H and O–H groups in total. The van der Waals surface area contributed by atoms with Crippen molar-refractivity contribution in [3.05, 3.63) is 47.7 Å². The van der Waals surface area contributed by atoms with Gasteiger partial charge in [-0.3, -0.25) is 14.5 Å². The molecule has 1 aliphatic heterocycles. The van der Waals surface area contributed by atoms with Crippen molar-refractivity contribution in [2.24, 2.45) is 11.8 Å². The van der Waals surface area contributed by atoms with Crippen LogP contribution in [0.1, 0.15) is 52.6 Å². The van der Waals surface area contributed by atoms with Gasteiger partial charge >= 0.3 is 18.0 Å². The minimum atomic E-state index is -2.28. The Morgan fingerprint density at radius 1 is 1.06 bits per heavy atom. The summed E-state index contributed by atoms with van der Waals surface area (Å²) in [5.74, 6) is -2.27. The van der Waals surface area contributed by atoms with Gasteiger partial charge in [-0.1, -0.05) is 51.1 Å². The number of allylic oxidation sites excluding steroid dienone is 1. The number of ether oxygens (including phenoxy) is 3. The number of cyclic esters (lactones) is 1. The van der Waals surface area contributed by atoms with Gasteiger partial charge in [-0.25, -0.2) is 4.79 Å². The molecule has 36 heavy (non-hydrogen) atoms. The van der Waals surface area contributed by atoms with Crippen molar-refractivity contribution in [1.29, 1.82) is 0 Å². The minimum absolute atomic E-state index is 0.0834. The van der Waals surface area contributed by atoms with Crippen LogP contribution >= 0.6 is 0 Å².